The number of nitrogens with zero attached hydrogens (tertiary/aromatic N) is 3. The van der Waals surface area contributed by atoms with E-state index in [2.05, 4.69) is 27.6 Å². The number of aliphatic hydroxyl groups excluding tert-OH is 1. The lowest BCUT2D eigenvalue weighted by Gasteiger charge is -2.30. The number of aromatic amines is 1. The highest BCUT2D eigenvalue weighted by Gasteiger charge is 2.24. The molecular weight excluding hydrogens is 440 g/mol. The van der Waals surface area contributed by atoms with Gasteiger partial charge in [-0.25, -0.2) is 4.98 Å². The van der Waals surface area contributed by atoms with Gasteiger partial charge in [-0.05, 0) is 30.7 Å². The second-order valence-electron chi connectivity index (χ2n) is 9.11. The minimum absolute atomic E-state index is 0.0481. The predicted octanol–water partition coefficient (Wildman–Crippen LogP) is 1.25. The summed E-state index contributed by atoms with van der Waals surface area (Å²) in [5.41, 5.74) is 1.15. The quantitative estimate of drug-likeness (QED) is 0.396. The Bertz CT molecular complexity index is 1020. The monoisotopic (exact) mass is 474 g/mol. The average Bonchev–Trinajstić information content (AvgIpc) is 3.16. The van der Waals surface area contributed by atoms with Crippen molar-refractivity contribution in [3.8, 4) is 12.3 Å². The van der Waals surface area contributed by atoms with Crippen LogP contribution in [0.4, 0.5) is 0 Å². The van der Waals surface area contributed by atoms with Crippen molar-refractivity contribution in [2.24, 2.45) is 5.92 Å². The molecule has 1 fully saturated rings. The maximum absolute atomic E-state index is 13.0. The summed E-state index contributed by atoms with van der Waals surface area (Å²) in [6, 6.07) is 0. The maximum atomic E-state index is 13.0. The number of H-pyrrole nitrogens is 1. The number of hydrogen-bond donors (Lipinski definition) is 2. The van der Waals surface area contributed by atoms with Crippen LogP contribution < -0.4 is 5.56 Å². The van der Waals surface area contributed by atoms with E-state index in [1.807, 2.05) is 0 Å². The smallest absolute Gasteiger partial charge is 0.259 e. The van der Waals surface area contributed by atoms with Crippen molar-refractivity contribution in [1.29, 1.82) is 0 Å². The van der Waals surface area contributed by atoms with Crippen LogP contribution in [0.25, 0.3) is 10.2 Å². The summed E-state index contributed by atoms with van der Waals surface area (Å²) < 4.78 is 10.8. The SMILES string of the molecule is C#CCOCC(O)CN(CCN1CCOCC1)Cc1nc2sc3c(c2c(=O)[nH]1)CCC(C)C3. The molecule has 0 bridgehead atoms. The molecule has 4 rings (SSSR count). The molecule has 2 atom stereocenters. The molecule has 180 valence electrons. The number of aliphatic hydroxyl groups is 1. The Morgan fingerprint density at radius 3 is 3.06 bits per heavy atom. The van der Waals surface area contributed by atoms with E-state index in [9.17, 15) is 9.90 Å². The van der Waals surface area contributed by atoms with Gasteiger partial charge in [0.2, 0.25) is 0 Å². The number of aryl methyl sites for hydroxylation is 1. The van der Waals surface area contributed by atoms with E-state index < -0.39 is 6.10 Å². The molecule has 0 radical (unpaired) electrons. The van der Waals surface area contributed by atoms with Gasteiger partial charge < -0.3 is 19.6 Å². The van der Waals surface area contributed by atoms with Crippen LogP contribution in [0, 0.1) is 18.3 Å². The van der Waals surface area contributed by atoms with Gasteiger partial charge in [0.25, 0.3) is 5.56 Å². The van der Waals surface area contributed by atoms with E-state index >= 15 is 0 Å². The molecular formula is C24H34N4O4S. The third-order valence-electron chi connectivity index (χ3n) is 6.39. The van der Waals surface area contributed by atoms with E-state index in [0.29, 0.717) is 24.8 Å². The minimum Gasteiger partial charge on any atom is -0.389 e. The molecule has 33 heavy (non-hydrogen) atoms. The van der Waals surface area contributed by atoms with Gasteiger partial charge in [0.15, 0.2) is 0 Å². The van der Waals surface area contributed by atoms with Crippen molar-refractivity contribution >= 4 is 21.6 Å². The lowest BCUT2D eigenvalue weighted by Crippen LogP contribution is -2.43. The summed E-state index contributed by atoms with van der Waals surface area (Å²) in [6.45, 7) is 8.40. The number of rotatable bonds is 10. The molecule has 0 aromatic carbocycles. The minimum atomic E-state index is -0.672. The van der Waals surface area contributed by atoms with Gasteiger partial charge in [0.05, 0.1) is 37.9 Å². The number of ether oxygens (including phenoxy) is 2. The van der Waals surface area contributed by atoms with Crippen molar-refractivity contribution in [1.82, 2.24) is 19.8 Å². The largest absolute Gasteiger partial charge is 0.389 e. The first-order chi connectivity index (χ1) is 16.0. The topological polar surface area (TPSA) is 90.9 Å². The molecule has 9 heteroatoms. The zero-order chi connectivity index (χ0) is 23.2. The first-order valence-electron chi connectivity index (χ1n) is 11.8. The predicted molar refractivity (Wildman–Crippen MR) is 130 cm³/mol. The molecule has 0 saturated carbocycles. The van der Waals surface area contributed by atoms with Crippen molar-refractivity contribution in [2.75, 3.05) is 59.2 Å². The number of nitrogens with one attached hydrogen (secondary N) is 1. The Kier molecular flexibility index (Phi) is 8.52. The summed E-state index contributed by atoms with van der Waals surface area (Å²) in [4.78, 5) is 27.4. The molecule has 2 unspecified atom stereocenters. The Morgan fingerprint density at radius 2 is 2.27 bits per heavy atom. The average molecular weight is 475 g/mol. The van der Waals surface area contributed by atoms with E-state index in [-0.39, 0.29) is 18.8 Å². The maximum Gasteiger partial charge on any atom is 0.259 e. The fourth-order valence-corrected chi connectivity index (χ4v) is 6.03. The van der Waals surface area contributed by atoms with Gasteiger partial charge in [-0.15, -0.1) is 17.8 Å². The molecule has 3 heterocycles. The van der Waals surface area contributed by atoms with Gasteiger partial charge in [-0.3, -0.25) is 14.6 Å². The van der Waals surface area contributed by atoms with Gasteiger partial charge in [-0.2, -0.15) is 0 Å². The summed E-state index contributed by atoms with van der Waals surface area (Å²) in [5, 5.41) is 11.2. The van der Waals surface area contributed by atoms with E-state index in [1.165, 1.54) is 10.4 Å². The van der Waals surface area contributed by atoms with E-state index in [0.717, 1.165) is 68.9 Å². The second kappa shape index (κ2) is 11.6. The number of terminal acetylenes is 1. The molecule has 1 saturated heterocycles. The van der Waals surface area contributed by atoms with Crippen LogP contribution in [0.2, 0.25) is 0 Å². The van der Waals surface area contributed by atoms with Crippen LogP contribution >= 0.6 is 11.3 Å². The molecule has 0 spiro atoms. The highest BCUT2D eigenvalue weighted by Crippen LogP contribution is 2.35. The molecule has 8 nitrogen and oxygen atoms in total. The molecule has 1 aliphatic carbocycles. The van der Waals surface area contributed by atoms with Gasteiger partial charge >= 0.3 is 0 Å². The van der Waals surface area contributed by atoms with Crippen LogP contribution in [-0.4, -0.2) is 90.1 Å². The lowest BCUT2D eigenvalue weighted by molar-refractivity contribution is 0.0132. The molecule has 2 aromatic heterocycles. The molecule has 2 aliphatic rings. The number of aromatic nitrogens is 2. The van der Waals surface area contributed by atoms with Crippen molar-refractivity contribution in [3.63, 3.8) is 0 Å². The fraction of sp³-hybridized carbons (Fsp3) is 0.667. The Hall–Kier alpha value is -1.80. The van der Waals surface area contributed by atoms with Crippen LogP contribution in [0.5, 0.6) is 0 Å². The van der Waals surface area contributed by atoms with E-state index in [1.54, 1.807) is 11.3 Å². The fourth-order valence-electron chi connectivity index (χ4n) is 4.63. The first kappa shape index (κ1) is 24.3. The summed E-state index contributed by atoms with van der Waals surface area (Å²) in [5.74, 6) is 3.70. The van der Waals surface area contributed by atoms with Gasteiger partial charge in [0.1, 0.15) is 17.3 Å². The first-order valence-corrected chi connectivity index (χ1v) is 12.6. The lowest BCUT2D eigenvalue weighted by atomic mass is 9.89. The Labute approximate surface area is 198 Å². The standard InChI is InChI=1S/C24H34N4O4S/c1-3-10-32-16-18(29)14-28(7-6-27-8-11-31-12-9-27)15-21-25-23(30)22-19-5-4-17(2)13-20(19)33-24(22)26-21/h1,17-18,29H,4-16H2,2H3,(H,25,26,30). The third-order valence-corrected chi connectivity index (χ3v) is 7.54. The third kappa shape index (κ3) is 6.41. The van der Waals surface area contributed by atoms with Gasteiger partial charge in [0, 0.05) is 37.6 Å². The molecule has 2 aromatic rings. The second-order valence-corrected chi connectivity index (χ2v) is 10.2. The van der Waals surface area contributed by atoms with Crippen LogP contribution in [0.3, 0.4) is 0 Å². The summed E-state index contributed by atoms with van der Waals surface area (Å²) in [6.07, 6.45) is 7.66. The zero-order valence-electron chi connectivity index (χ0n) is 19.3. The van der Waals surface area contributed by atoms with Gasteiger partial charge in [-0.1, -0.05) is 12.8 Å². The number of morpholine rings is 1. The highest BCUT2D eigenvalue weighted by molar-refractivity contribution is 7.18. The van der Waals surface area contributed by atoms with Crippen molar-refractivity contribution in [3.05, 3.63) is 26.6 Å². The van der Waals surface area contributed by atoms with Crippen molar-refractivity contribution in [2.45, 2.75) is 38.8 Å². The molecule has 1 aliphatic heterocycles. The molecule has 2 N–H and O–H groups in total. The number of fused-ring (bicyclic) bond motifs is 3. The van der Waals surface area contributed by atoms with Crippen LogP contribution in [-0.2, 0) is 28.9 Å². The van der Waals surface area contributed by atoms with Crippen molar-refractivity contribution < 1.29 is 14.6 Å². The Morgan fingerprint density at radius 1 is 1.45 bits per heavy atom. The normalized spacial score (nSPS) is 20.1. The number of hydrogen-bond acceptors (Lipinski definition) is 8. The Balaban J connectivity index is 1.48. The van der Waals surface area contributed by atoms with Crippen LogP contribution in [0.1, 0.15) is 29.6 Å². The van der Waals surface area contributed by atoms with E-state index in [4.69, 9.17) is 20.9 Å². The number of thiophene rings is 1. The summed E-state index contributed by atoms with van der Waals surface area (Å²) in [7, 11) is 0. The zero-order valence-corrected chi connectivity index (χ0v) is 20.2. The van der Waals surface area contributed by atoms with Crippen LogP contribution in [0.15, 0.2) is 4.79 Å². The highest BCUT2D eigenvalue weighted by atomic mass is 32.1. The molecule has 0 amide bonds. The summed E-state index contributed by atoms with van der Waals surface area (Å²) >= 11 is 1.66.